The number of benzene rings is 1. The number of nitro groups is 1. The van der Waals surface area contributed by atoms with Gasteiger partial charge in [-0.25, -0.2) is 4.79 Å². The number of nitrogens with zero attached hydrogens (tertiary/aromatic N) is 3. The van der Waals surface area contributed by atoms with Gasteiger partial charge in [0.15, 0.2) is 6.61 Å². The fraction of sp³-hybridized carbons (Fsp3) is 0.471. The van der Waals surface area contributed by atoms with E-state index in [0.717, 1.165) is 6.07 Å². The van der Waals surface area contributed by atoms with Crippen LogP contribution in [0.4, 0.5) is 11.4 Å². The number of nitro benzene ring substituents is 1. The highest BCUT2D eigenvalue weighted by Crippen LogP contribution is 2.27. The topological polar surface area (TPSA) is 126 Å². The molecular formula is C17H22N4O5. The van der Waals surface area contributed by atoms with Gasteiger partial charge in [0.2, 0.25) is 0 Å². The summed E-state index contributed by atoms with van der Waals surface area (Å²) in [4.78, 5) is 36.1. The molecule has 0 radical (unpaired) electrons. The van der Waals surface area contributed by atoms with Crippen molar-refractivity contribution in [1.29, 1.82) is 5.26 Å². The molecule has 0 saturated heterocycles. The predicted octanol–water partition coefficient (Wildman–Crippen LogP) is 1.87. The standard InChI is InChI=1S/C17H22N4O5/c1-11(2)17(3,10-18)19-15(22)9-26-16(23)12-6-7-13(20(4)5)14(8-12)21(24)25/h6-8,11H,9H2,1-5H3,(H,19,22)/t17-/m1/s1. The molecule has 1 rings (SSSR count). The van der Waals surface area contributed by atoms with Crippen molar-refractivity contribution in [3.05, 3.63) is 33.9 Å². The van der Waals surface area contributed by atoms with Gasteiger partial charge in [-0.3, -0.25) is 14.9 Å². The molecule has 0 unspecified atom stereocenters. The van der Waals surface area contributed by atoms with Gasteiger partial charge in [0.25, 0.3) is 11.6 Å². The summed E-state index contributed by atoms with van der Waals surface area (Å²) in [6.07, 6.45) is 0. The minimum Gasteiger partial charge on any atom is -0.452 e. The van der Waals surface area contributed by atoms with Crippen LogP contribution in [0.15, 0.2) is 18.2 Å². The van der Waals surface area contributed by atoms with E-state index >= 15 is 0 Å². The Bertz CT molecular complexity index is 754. The summed E-state index contributed by atoms with van der Waals surface area (Å²) in [6, 6.07) is 5.93. The van der Waals surface area contributed by atoms with Crippen molar-refractivity contribution >= 4 is 23.3 Å². The Morgan fingerprint density at radius 3 is 2.50 bits per heavy atom. The number of nitriles is 1. The number of nitrogens with one attached hydrogen (secondary N) is 1. The quantitative estimate of drug-likeness (QED) is 0.446. The second-order valence-corrected chi connectivity index (χ2v) is 6.45. The zero-order chi connectivity index (χ0) is 20.1. The maximum atomic E-state index is 12.1. The predicted molar refractivity (Wildman–Crippen MR) is 94.7 cm³/mol. The lowest BCUT2D eigenvalue weighted by atomic mass is 9.90. The number of hydrogen-bond acceptors (Lipinski definition) is 7. The fourth-order valence-corrected chi connectivity index (χ4v) is 2.02. The molecule has 26 heavy (non-hydrogen) atoms. The van der Waals surface area contributed by atoms with Crippen molar-refractivity contribution in [1.82, 2.24) is 5.32 Å². The second-order valence-electron chi connectivity index (χ2n) is 6.45. The molecule has 0 aromatic heterocycles. The number of amides is 1. The van der Waals surface area contributed by atoms with Gasteiger partial charge >= 0.3 is 5.97 Å². The maximum Gasteiger partial charge on any atom is 0.338 e. The third kappa shape index (κ3) is 4.92. The van der Waals surface area contributed by atoms with Gasteiger partial charge in [-0.05, 0) is 25.0 Å². The smallest absolute Gasteiger partial charge is 0.338 e. The summed E-state index contributed by atoms with van der Waals surface area (Å²) < 4.78 is 4.90. The minimum atomic E-state index is -1.09. The summed E-state index contributed by atoms with van der Waals surface area (Å²) >= 11 is 0. The van der Waals surface area contributed by atoms with Crippen molar-refractivity contribution in [2.24, 2.45) is 5.92 Å². The van der Waals surface area contributed by atoms with Crippen LogP contribution in [0.25, 0.3) is 0 Å². The van der Waals surface area contributed by atoms with Crippen molar-refractivity contribution in [2.75, 3.05) is 25.6 Å². The van der Waals surface area contributed by atoms with Crippen LogP contribution in [-0.2, 0) is 9.53 Å². The number of carbonyl (C=O) groups is 2. The van der Waals surface area contributed by atoms with Crippen molar-refractivity contribution < 1.29 is 19.2 Å². The number of ether oxygens (including phenoxy) is 1. The first-order valence-electron chi connectivity index (χ1n) is 7.87. The van der Waals surface area contributed by atoms with E-state index in [0.29, 0.717) is 5.69 Å². The molecule has 9 nitrogen and oxygen atoms in total. The lowest BCUT2D eigenvalue weighted by Gasteiger charge is -2.27. The number of anilines is 1. The third-order valence-corrected chi connectivity index (χ3v) is 4.01. The molecule has 0 aliphatic heterocycles. The van der Waals surface area contributed by atoms with Crippen molar-refractivity contribution in [2.45, 2.75) is 26.3 Å². The van der Waals surface area contributed by atoms with Crippen LogP contribution in [0, 0.1) is 27.4 Å². The van der Waals surface area contributed by atoms with Gasteiger partial charge < -0.3 is 15.0 Å². The number of rotatable bonds is 7. The van der Waals surface area contributed by atoms with Gasteiger partial charge in [-0.15, -0.1) is 0 Å². The molecule has 1 atom stereocenters. The molecule has 0 aliphatic carbocycles. The maximum absolute atomic E-state index is 12.1. The number of carbonyl (C=O) groups excluding carboxylic acids is 2. The number of hydrogen-bond donors (Lipinski definition) is 1. The van der Waals surface area contributed by atoms with Crippen molar-refractivity contribution in [3.63, 3.8) is 0 Å². The molecule has 0 bridgehead atoms. The zero-order valence-electron chi connectivity index (χ0n) is 15.4. The highest BCUT2D eigenvalue weighted by atomic mass is 16.6. The van der Waals surface area contributed by atoms with Gasteiger partial charge in [0.1, 0.15) is 11.2 Å². The number of esters is 1. The normalized spacial score (nSPS) is 12.7. The van der Waals surface area contributed by atoms with Crippen LogP contribution in [0.2, 0.25) is 0 Å². The molecular weight excluding hydrogens is 340 g/mol. The van der Waals surface area contributed by atoms with Gasteiger partial charge in [0.05, 0.1) is 16.6 Å². The average molecular weight is 362 g/mol. The first-order valence-corrected chi connectivity index (χ1v) is 7.87. The van der Waals surface area contributed by atoms with E-state index in [1.165, 1.54) is 12.1 Å². The van der Waals surface area contributed by atoms with Crippen molar-refractivity contribution in [3.8, 4) is 6.07 Å². The highest BCUT2D eigenvalue weighted by Gasteiger charge is 2.30. The minimum absolute atomic E-state index is 0.0398. The first kappa shape index (κ1) is 20.9. The third-order valence-electron chi connectivity index (χ3n) is 4.01. The molecule has 9 heteroatoms. The molecule has 0 aliphatic rings. The Morgan fingerprint density at radius 2 is 2.04 bits per heavy atom. The van der Waals surface area contributed by atoms with E-state index in [2.05, 4.69) is 5.32 Å². The van der Waals surface area contributed by atoms with Crippen LogP contribution in [0.1, 0.15) is 31.1 Å². The Morgan fingerprint density at radius 1 is 1.42 bits per heavy atom. The summed E-state index contributed by atoms with van der Waals surface area (Å²) in [5.74, 6) is -1.64. The van der Waals surface area contributed by atoms with Crippen LogP contribution >= 0.6 is 0 Å². The van der Waals surface area contributed by atoms with E-state index in [4.69, 9.17) is 4.74 Å². The fourth-order valence-electron chi connectivity index (χ4n) is 2.02. The Balaban J connectivity index is 2.83. The van der Waals surface area contributed by atoms with Crippen LogP contribution in [0.3, 0.4) is 0 Å². The van der Waals surface area contributed by atoms with E-state index in [-0.39, 0.29) is 17.2 Å². The SMILES string of the molecule is CC(C)[C@@](C)(C#N)NC(=O)COC(=O)c1ccc(N(C)C)c([N+](=O)[O-])c1. The Hall–Kier alpha value is -3.15. The Labute approximate surface area is 151 Å². The Kier molecular flexibility index (Phi) is 6.66. The molecule has 1 N–H and O–H groups in total. The summed E-state index contributed by atoms with van der Waals surface area (Å²) in [5, 5.41) is 22.8. The monoisotopic (exact) mass is 362 g/mol. The van der Waals surface area contributed by atoms with Gasteiger partial charge in [0, 0.05) is 20.2 Å². The highest BCUT2D eigenvalue weighted by molar-refractivity contribution is 5.93. The molecule has 1 amide bonds. The lowest BCUT2D eigenvalue weighted by molar-refractivity contribution is -0.384. The molecule has 1 aromatic rings. The molecule has 0 fully saturated rings. The van der Waals surface area contributed by atoms with Gasteiger partial charge in [-0.1, -0.05) is 13.8 Å². The van der Waals surface area contributed by atoms with E-state index in [1.807, 2.05) is 6.07 Å². The molecule has 1 aromatic carbocycles. The van der Waals surface area contributed by atoms with E-state index < -0.39 is 28.9 Å². The van der Waals surface area contributed by atoms with E-state index in [9.17, 15) is 25.0 Å². The molecule has 0 heterocycles. The summed E-state index contributed by atoms with van der Waals surface area (Å²) in [5.41, 5.74) is -1.03. The van der Waals surface area contributed by atoms with Crippen LogP contribution in [-0.4, -0.2) is 43.0 Å². The van der Waals surface area contributed by atoms with Crippen LogP contribution in [0.5, 0.6) is 0 Å². The van der Waals surface area contributed by atoms with Gasteiger partial charge in [-0.2, -0.15) is 5.26 Å². The van der Waals surface area contributed by atoms with E-state index in [1.54, 1.807) is 39.8 Å². The summed E-state index contributed by atoms with van der Waals surface area (Å²) in [7, 11) is 3.29. The first-order chi connectivity index (χ1) is 12.0. The average Bonchev–Trinajstić information content (AvgIpc) is 2.58. The zero-order valence-corrected chi connectivity index (χ0v) is 15.4. The molecule has 0 saturated carbocycles. The summed E-state index contributed by atoms with van der Waals surface area (Å²) in [6.45, 7) is 4.54. The molecule has 0 spiro atoms. The second kappa shape index (κ2) is 8.29. The molecule has 140 valence electrons. The lowest BCUT2D eigenvalue weighted by Crippen LogP contribution is -2.50. The largest absolute Gasteiger partial charge is 0.452 e. The van der Waals surface area contributed by atoms with Crippen LogP contribution < -0.4 is 10.2 Å².